The van der Waals surface area contributed by atoms with Crippen molar-refractivity contribution >= 4 is 17.4 Å². The maximum atomic E-state index is 12.4. The van der Waals surface area contributed by atoms with Crippen LogP contribution in [0.3, 0.4) is 0 Å². The average Bonchev–Trinajstić information content (AvgIpc) is 2.55. The normalized spacial score (nSPS) is 25.3. The first-order chi connectivity index (χ1) is 11.1. The number of nitrogens with zero attached hydrogens (tertiary/aromatic N) is 2. The van der Waals surface area contributed by atoms with Crippen LogP contribution in [0.1, 0.15) is 13.8 Å². The summed E-state index contributed by atoms with van der Waals surface area (Å²) >= 11 is 0. The van der Waals surface area contributed by atoms with Gasteiger partial charge in [0.1, 0.15) is 0 Å². The summed E-state index contributed by atoms with van der Waals surface area (Å²) in [5.41, 5.74) is 1.90. The molecule has 0 unspecified atom stereocenters. The number of carbonyl (C=O) groups is 1. The maximum Gasteiger partial charge on any atom is 0.322 e. The van der Waals surface area contributed by atoms with Gasteiger partial charge in [-0.25, -0.2) is 4.79 Å². The Hall–Kier alpha value is -1.79. The summed E-state index contributed by atoms with van der Waals surface area (Å²) in [6.45, 7) is 8.30. The predicted molar refractivity (Wildman–Crippen MR) is 90.1 cm³/mol. The molecule has 6 nitrogen and oxygen atoms in total. The Morgan fingerprint density at radius 3 is 2.48 bits per heavy atom. The molecule has 126 valence electrons. The van der Waals surface area contributed by atoms with Crippen molar-refractivity contribution in [3.8, 4) is 0 Å². The van der Waals surface area contributed by atoms with E-state index in [-0.39, 0.29) is 18.2 Å². The molecule has 1 aromatic rings. The number of morpholine rings is 2. The zero-order valence-electron chi connectivity index (χ0n) is 13.8. The highest BCUT2D eigenvalue weighted by Gasteiger charge is 2.25. The number of anilines is 2. The summed E-state index contributed by atoms with van der Waals surface area (Å²) in [5, 5.41) is 3.06. The second kappa shape index (κ2) is 7.19. The summed E-state index contributed by atoms with van der Waals surface area (Å²) in [5.74, 6) is 0. The molecule has 0 spiro atoms. The van der Waals surface area contributed by atoms with Gasteiger partial charge in [-0.1, -0.05) is 12.1 Å². The van der Waals surface area contributed by atoms with E-state index in [9.17, 15) is 4.79 Å². The third-order valence-electron chi connectivity index (χ3n) is 4.20. The number of para-hydroxylation sites is 2. The number of urea groups is 1. The van der Waals surface area contributed by atoms with E-state index in [4.69, 9.17) is 9.47 Å². The smallest absolute Gasteiger partial charge is 0.322 e. The van der Waals surface area contributed by atoms with Gasteiger partial charge in [0.25, 0.3) is 0 Å². The van der Waals surface area contributed by atoms with E-state index in [1.165, 1.54) is 0 Å². The highest BCUT2D eigenvalue weighted by atomic mass is 16.5. The number of benzene rings is 1. The van der Waals surface area contributed by atoms with Gasteiger partial charge in [-0.2, -0.15) is 0 Å². The Kier molecular flexibility index (Phi) is 5.03. The fourth-order valence-electron chi connectivity index (χ4n) is 3.19. The fraction of sp³-hybridized carbons (Fsp3) is 0.588. The van der Waals surface area contributed by atoms with E-state index >= 15 is 0 Å². The summed E-state index contributed by atoms with van der Waals surface area (Å²) in [4.78, 5) is 16.5. The van der Waals surface area contributed by atoms with Crippen LogP contribution in [0.4, 0.5) is 16.2 Å². The van der Waals surface area contributed by atoms with Crippen LogP contribution in [-0.2, 0) is 9.47 Å². The van der Waals surface area contributed by atoms with Gasteiger partial charge in [-0.3, -0.25) is 0 Å². The molecule has 1 aromatic carbocycles. The third-order valence-corrected chi connectivity index (χ3v) is 4.20. The molecule has 0 saturated carbocycles. The van der Waals surface area contributed by atoms with Gasteiger partial charge >= 0.3 is 6.03 Å². The Morgan fingerprint density at radius 2 is 1.78 bits per heavy atom. The number of amides is 2. The first kappa shape index (κ1) is 16.1. The molecule has 23 heavy (non-hydrogen) atoms. The van der Waals surface area contributed by atoms with Gasteiger partial charge in [0.05, 0.1) is 36.8 Å². The molecule has 2 saturated heterocycles. The minimum Gasteiger partial charge on any atom is -0.378 e. The zero-order valence-corrected chi connectivity index (χ0v) is 13.8. The van der Waals surface area contributed by atoms with Crippen LogP contribution < -0.4 is 10.2 Å². The molecule has 2 aliphatic heterocycles. The second-order valence-electron chi connectivity index (χ2n) is 6.21. The Bertz CT molecular complexity index is 536. The van der Waals surface area contributed by atoms with E-state index in [1.807, 2.05) is 18.2 Å². The van der Waals surface area contributed by atoms with Gasteiger partial charge in [0.2, 0.25) is 0 Å². The van der Waals surface area contributed by atoms with Crippen LogP contribution in [-0.4, -0.2) is 62.5 Å². The van der Waals surface area contributed by atoms with Crippen molar-refractivity contribution in [2.75, 3.05) is 49.6 Å². The van der Waals surface area contributed by atoms with Crippen LogP contribution in [0, 0.1) is 0 Å². The number of carbonyl (C=O) groups excluding carboxylic acids is 1. The average molecular weight is 319 g/mol. The molecule has 3 rings (SSSR count). The number of hydrogen-bond acceptors (Lipinski definition) is 4. The highest BCUT2D eigenvalue weighted by Crippen LogP contribution is 2.28. The van der Waals surface area contributed by atoms with Gasteiger partial charge in [-0.15, -0.1) is 0 Å². The highest BCUT2D eigenvalue weighted by molar-refractivity contribution is 5.93. The van der Waals surface area contributed by atoms with Crippen molar-refractivity contribution in [3.05, 3.63) is 24.3 Å². The molecule has 2 amide bonds. The lowest BCUT2D eigenvalue weighted by atomic mass is 10.1. The number of rotatable bonds is 2. The summed E-state index contributed by atoms with van der Waals surface area (Å²) < 4.78 is 11.1. The molecule has 0 aromatic heterocycles. The van der Waals surface area contributed by atoms with Crippen molar-refractivity contribution in [1.82, 2.24) is 4.90 Å². The van der Waals surface area contributed by atoms with E-state index in [2.05, 4.69) is 30.1 Å². The van der Waals surface area contributed by atoms with Crippen LogP contribution in [0.15, 0.2) is 24.3 Å². The third kappa shape index (κ3) is 3.95. The van der Waals surface area contributed by atoms with Crippen molar-refractivity contribution in [2.45, 2.75) is 26.1 Å². The van der Waals surface area contributed by atoms with Crippen LogP contribution in [0.5, 0.6) is 0 Å². The van der Waals surface area contributed by atoms with Gasteiger partial charge < -0.3 is 24.6 Å². The van der Waals surface area contributed by atoms with E-state index in [0.29, 0.717) is 26.3 Å². The van der Waals surface area contributed by atoms with Crippen molar-refractivity contribution in [1.29, 1.82) is 0 Å². The Labute approximate surface area is 137 Å². The Balaban J connectivity index is 1.73. The molecule has 2 aliphatic rings. The van der Waals surface area contributed by atoms with Crippen LogP contribution in [0.25, 0.3) is 0 Å². The van der Waals surface area contributed by atoms with Crippen LogP contribution >= 0.6 is 0 Å². The zero-order chi connectivity index (χ0) is 16.2. The molecule has 0 bridgehead atoms. The quantitative estimate of drug-likeness (QED) is 0.908. The summed E-state index contributed by atoms with van der Waals surface area (Å²) in [6, 6.07) is 7.91. The van der Waals surface area contributed by atoms with E-state index < -0.39 is 0 Å². The largest absolute Gasteiger partial charge is 0.378 e. The molecular weight excluding hydrogens is 294 g/mol. The van der Waals surface area contributed by atoms with Crippen LogP contribution in [0.2, 0.25) is 0 Å². The second-order valence-corrected chi connectivity index (χ2v) is 6.21. The lowest BCUT2D eigenvalue weighted by Gasteiger charge is -2.38. The number of nitrogens with one attached hydrogen (secondary N) is 1. The molecular formula is C17H25N3O3. The van der Waals surface area contributed by atoms with E-state index in [1.54, 1.807) is 4.90 Å². The van der Waals surface area contributed by atoms with Crippen molar-refractivity contribution in [3.63, 3.8) is 0 Å². The number of ether oxygens (including phenoxy) is 2. The van der Waals surface area contributed by atoms with Crippen molar-refractivity contribution in [2.24, 2.45) is 0 Å². The molecule has 1 N–H and O–H groups in total. The molecule has 2 atom stereocenters. The fourth-order valence-corrected chi connectivity index (χ4v) is 3.19. The van der Waals surface area contributed by atoms with Crippen molar-refractivity contribution < 1.29 is 14.3 Å². The minimum absolute atomic E-state index is 0.0601. The first-order valence-corrected chi connectivity index (χ1v) is 8.26. The molecule has 2 fully saturated rings. The maximum absolute atomic E-state index is 12.4. The summed E-state index contributed by atoms with van der Waals surface area (Å²) in [6.07, 6.45) is 0.364. The molecule has 2 heterocycles. The number of hydrogen-bond donors (Lipinski definition) is 1. The predicted octanol–water partition coefficient (Wildman–Crippen LogP) is 2.16. The topological polar surface area (TPSA) is 54.0 Å². The standard InChI is InChI=1S/C17H25N3O3/c1-13-11-20(12-14(2)23-13)16-6-4-3-5-15(16)18-17(21)19-7-9-22-10-8-19/h3-6,13-14H,7-12H2,1-2H3,(H,18,21)/t13-,14-/m0/s1. The molecule has 0 aliphatic carbocycles. The summed E-state index contributed by atoms with van der Waals surface area (Å²) in [7, 11) is 0. The van der Waals surface area contributed by atoms with Gasteiger partial charge in [0.15, 0.2) is 0 Å². The van der Waals surface area contributed by atoms with Gasteiger partial charge in [-0.05, 0) is 26.0 Å². The first-order valence-electron chi connectivity index (χ1n) is 8.26. The molecule has 0 radical (unpaired) electrons. The Morgan fingerprint density at radius 1 is 1.13 bits per heavy atom. The minimum atomic E-state index is -0.0601. The molecule has 6 heteroatoms. The monoisotopic (exact) mass is 319 g/mol. The van der Waals surface area contributed by atoms with E-state index in [0.717, 1.165) is 24.5 Å². The SMILES string of the molecule is C[C@H]1CN(c2ccccc2NC(=O)N2CCOCC2)C[C@H](C)O1. The lowest BCUT2D eigenvalue weighted by molar-refractivity contribution is -0.00517. The van der Waals surface area contributed by atoms with Gasteiger partial charge in [0, 0.05) is 26.2 Å². The lowest BCUT2D eigenvalue weighted by Crippen LogP contribution is -2.46.